The molecular weight excluding hydrogens is 285 g/mol. The zero-order chi connectivity index (χ0) is 13.8. The summed E-state index contributed by atoms with van der Waals surface area (Å²) in [7, 11) is 0. The molecule has 1 rings (SSSR count). The van der Waals surface area contributed by atoms with E-state index in [0.29, 0.717) is 17.7 Å². The van der Waals surface area contributed by atoms with Crippen LogP contribution in [-0.2, 0) is 9.53 Å². The van der Waals surface area contributed by atoms with Gasteiger partial charge < -0.3 is 15.4 Å². The molecule has 0 aromatic carbocycles. The van der Waals surface area contributed by atoms with Crippen molar-refractivity contribution in [3.8, 4) is 0 Å². The van der Waals surface area contributed by atoms with Crippen LogP contribution in [0.2, 0.25) is 0 Å². The van der Waals surface area contributed by atoms with Gasteiger partial charge in [0.25, 0.3) is 5.91 Å². The molecule has 1 amide bonds. The van der Waals surface area contributed by atoms with E-state index in [2.05, 4.69) is 6.58 Å². The SMILES string of the molecule is C=CCN(CC(F)(F)F)C(=O)[C@@H]1CC[C@H](CN)O1.Cl. The van der Waals surface area contributed by atoms with E-state index in [9.17, 15) is 18.0 Å². The normalized spacial score (nSPS) is 22.7. The van der Waals surface area contributed by atoms with Gasteiger partial charge in [-0.2, -0.15) is 13.2 Å². The van der Waals surface area contributed by atoms with Crippen molar-refractivity contribution in [2.45, 2.75) is 31.2 Å². The number of alkyl halides is 3. The molecule has 2 atom stereocenters. The van der Waals surface area contributed by atoms with Gasteiger partial charge in [0.15, 0.2) is 0 Å². The van der Waals surface area contributed by atoms with Crippen LogP contribution >= 0.6 is 12.4 Å². The minimum atomic E-state index is -4.43. The van der Waals surface area contributed by atoms with E-state index in [1.165, 1.54) is 6.08 Å². The van der Waals surface area contributed by atoms with Crippen LogP contribution in [0.4, 0.5) is 13.2 Å². The van der Waals surface area contributed by atoms with Gasteiger partial charge in [-0.25, -0.2) is 0 Å². The first-order valence-corrected chi connectivity index (χ1v) is 5.69. The molecule has 19 heavy (non-hydrogen) atoms. The van der Waals surface area contributed by atoms with Crippen LogP contribution in [0.15, 0.2) is 12.7 Å². The summed E-state index contributed by atoms with van der Waals surface area (Å²) in [5.74, 6) is -0.650. The average molecular weight is 303 g/mol. The lowest BCUT2D eigenvalue weighted by Gasteiger charge is -2.25. The number of carbonyl (C=O) groups is 1. The van der Waals surface area contributed by atoms with Gasteiger partial charge in [-0.15, -0.1) is 19.0 Å². The number of ether oxygens (including phenoxy) is 1. The highest BCUT2D eigenvalue weighted by Crippen LogP contribution is 2.23. The summed E-state index contributed by atoms with van der Waals surface area (Å²) in [4.78, 5) is 12.6. The molecule has 0 unspecified atom stereocenters. The number of nitrogens with two attached hydrogens (primary N) is 1. The first-order chi connectivity index (χ1) is 8.37. The third-order valence-corrected chi connectivity index (χ3v) is 2.68. The molecule has 112 valence electrons. The third kappa shape index (κ3) is 5.80. The number of hydrogen-bond acceptors (Lipinski definition) is 3. The van der Waals surface area contributed by atoms with Crippen LogP contribution < -0.4 is 5.73 Å². The Hall–Kier alpha value is -0.790. The summed E-state index contributed by atoms with van der Waals surface area (Å²) in [5, 5.41) is 0. The van der Waals surface area contributed by atoms with Crippen molar-refractivity contribution in [2.75, 3.05) is 19.6 Å². The fraction of sp³-hybridized carbons (Fsp3) is 0.727. The molecule has 1 aliphatic rings. The van der Waals surface area contributed by atoms with Crippen LogP contribution in [-0.4, -0.2) is 48.8 Å². The summed E-state index contributed by atoms with van der Waals surface area (Å²) in [6.45, 7) is 2.18. The van der Waals surface area contributed by atoms with Crippen molar-refractivity contribution < 1.29 is 22.7 Å². The average Bonchev–Trinajstić information content (AvgIpc) is 2.74. The van der Waals surface area contributed by atoms with E-state index < -0.39 is 24.7 Å². The monoisotopic (exact) mass is 302 g/mol. The van der Waals surface area contributed by atoms with E-state index >= 15 is 0 Å². The second kappa shape index (κ2) is 7.72. The van der Waals surface area contributed by atoms with E-state index in [-0.39, 0.29) is 31.6 Å². The molecule has 0 aromatic heterocycles. The van der Waals surface area contributed by atoms with Crippen LogP contribution in [0.25, 0.3) is 0 Å². The van der Waals surface area contributed by atoms with Crippen molar-refractivity contribution in [2.24, 2.45) is 5.73 Å². The molecule has 1 saturated heterocycles. The van der Waals surface area contributed by atoms with Crippen molar-refractivity contribution in [1.82, 2.24) is 4.90 Å². The Kier molecular flexibility index (Phi) is 7.39. The zero-order valence-corrected chi connectivity index (χ0v) is 11.2. The minimum Gasteiger partial charge on any atom is -0.364 e. The molecule has 0 radical (unpaired) electrons. The topological polar surface area (TPSA) is 55.6 Å². The predicted molar refractivity (Wildman–Crippen MR) is 67.0 cm³/mol. The Labute approximate surface area is 116 Å². The van der Waals surface area contributed by atoms with Gasteiger partial charge in [0, 0.05) is 13.1 Å². The summed E-state index contributed by atoms with van der Waals surface area (Å²) in [5.41, 5.74) is 5.39. The predicted octanol–water partition coefficient (Wildman–Crippen LogP) is 1.49. The molecule has 8 heteroatoms. The quantitative estimate of drug-likeness (QED) is 0.783. The minimum absolute atomic E-state index is 0. The number of rotatable bonds is 5. The number of amides is 1. The van der Waals surface area contributed by atoms with Gasteiger partial charge >= 0.3 is 6.18 Å². The van der Waals surface area contributed by atoms with Crippen LogP contribution in [0.5, 0.6) is 0 Å². The van der Waals surface area contributed by atoms with E-state index in [1.807, 2.05) is 0 Å². The van der Waals surface area contributed by atoms with Crippen molar-refractivity contribution in [3.05, 3.63) is 12.7 Å². The molecular formula is C11H18ClF3N2O2. The third-order valence-electron chi connectivity index (χ3n) is 2.68. The first-order valence-electron chi connectivity index (χ1n) is 5.69. The van der Waals surface area contributed by atoms with E-state index in [4.69, 9.17) is 10.5 Å². The van der Waals surface area contributed by atoms with Gasteiger partial charge in [0.05, 0.1) is 6.10 Å². The van der Waals surface area contributed by atoms with Crippen LogP contribution in [0, 0.1) is 0 Å². The maximum atomic E-state index is 12.3. The maximum absolute atomic E-state index is 12.3. The summed E-state index contributed by atoms with van der Waals surface area (Å²) in [6.07, 6.45) is -3.22. The van der Waals surface area contributed by atoms with Gasteiger partial charge in [-0.1, -0.05) is 6.08 Å². The lowest BCUT2D eigenvalue weighted by molar-refractivity contribution is -0.166. The number of carbonyl (C=O) groups excluding carboxylic acids is 1. The summed E-state index contributed by atoms with van der Waals surface area (Å²) in [6, 6.07) is 0. The highest BCUT2D eigenvalue weighted by Gasteiger charge is 2.37. The first kappa shape index (κ1) is 18.2. The smallest absolute Gasteiger partial charge is 0.364 e. The fourth-order valence-corrected chi connectivity index (χ4v) is 1.87. The zero-order valence-electron chi connectivity index (χ0n) is 10.4. The fourth-order valence-electron chi connectivity index (χ4n) is 1.87. The highest BCUT2D eigenvalue weighted by molar-refractivity contribution is 5.85. The molecule has 0 saturated carbocycles. The Balaban J connectivity index is 0.00000324. The molecule has 1 fully saturated rings. The van der Waals surface area contributed by atoms with Crippen LogP contribution in [0.3, 0.4) is 0 Å². The molecule has 1 heterocycles. The van der Waals surface area contributed by atoms with Crippen molar-refractivity contribution >= 4 is 18.3 Å². The molecule has 1 aliphatic heterocycles. The highest BCUT2D eigenvalue weighted by atomic mass is 35.5. The largest absolute Gasteiger partial charge is 0.406 e. The van der Waals surface area contributed by atoms with Gasteiger partial charge in [-0.3, -0.25) is 4.79 Å². The molecule has 0 bridgehead atoms. The van der Waals surface area contributed by atoms with Crippen molar-refractivity contribution in [1.29, 1.82) is 0 Å². The second-order valence-electron chi connectivity index (χ2n) is 4.18. The second-order valence-corrected chi connectivity index (χ2v) is 4.18. The molecule has 0 aliphatic carbocycles. The number of hydrogen-bond donors (Lipinski definition) is 1. The molecule has 0 aromatic rings. The number of nitrogens with zero attached hydrogens (tertiary/aromatic N) is 1. The van der Waals surface area contributed by atoms with Crippen LogP contribution in [0.1, 0.15) is 12.8 Å². The summed E-state index contributed by atoms with van der Waals surface area (Å²) >= 11 is 0. The molecule has 4 nitrogen and oxygen atoms in total. The maximum Gasteiger partial charge on any atom is 0.406 e. The lowest BCUT2D eigenvalue weighted by Crippen LogP contribution is -2.44. The molecule has 2 N–H and O–H groups in total. The van der Waals surface area contributed by atoms with Crippen molar-refractivity contribution in [3.63, 3.8) is 0 Å². The summed E-state index contributed by atoms with van der Waals surface area (Å²) < 4.78 is 42.3. The lowest BCUT2D eigenvalue weighted by atomic mass is 10.2. The standard InChI is InChI=1S/C11H17F3N2O2.ClH/c1-2-5-16(7-11(12,13)14)10(17)9-4-3-8(6-15)18-9;/h2,8-9H,1,3-7,15H2;1H/t8-,9+;/m1./s1. The van der Waals surface area contributed by atoms with Gasteiger partial charge in [0.1, 0.15) is 12.6 Å². The van der Waals surface area contributed by atoms with Gasteiger partial charge in [-0.05, 0) is 12.8 Å². The van der Waals surface area contributed by atoms with Gasteiger partial charge in [0.2, 0.25) is 0 Å². The Bertz CT molecular complexity index is 313. The van der Waals surface area contributed by atoms with E-state index in [1.54, 1.807) is 0 Å². The Morgan fingerprint density at radius 2 is 2.11 bits per heavy atom. The van der Waals surface area contributed by atoms with E-state index in [0.717, 1.165) is 0 Å². The Morgan fingerprint density at radius 1 is 1.47 bits per heavy atom. The molecule has 0 spiro atoms. The Morgan fingerprint density at radius 3 is 2.53 bits per heavy atom. The number of halogens is 4.